The molecule has 0 saturated carbocycles. The SMILES string of the molecule is CCCNc1cn(C)c(CC)n1. The van der Waals surface area contributed by atoms with E-state index in [1.807, 2.05) is 13.2 Å². The summed E-state index contributed by atoms with van der Waals surface area (Å²) in [5, 5.41) is 3.26. The van der Waals surface area contributed by atoms with Crippen LogP contribution in [0.1, 0.15) is 26.1 Å². The number of nitrogens with one attached hydrogen (secondary N) is 1. The van der Waals surface area contributed by atoms with Crippen LogP contribution in [0.3, 0.4) is 0 Å². The monoisotopic (exact) mass is 167 g/mol. The summed E-state index contributed by atoms with van der Waals surface area (Å²) in [6, 6.07) is 0. The van der Waals surface area contributed by atoms with Gasteiger partial charge in [-0.05, 0) is 6.42 Å². The van der Waals surface area contributed by atoms with Crippen LogP contribution in [0.15, 0.2) is 6.20 Å². The third-order valence-corrected chi connectivity index (χ3v) is 1.84. The average molecular weight is 167 g/mol. The van der Waals surface area contributed by atoms with Crippen LogP contribution in [-0.2, 0) is 13.5 Å². The number of aromatic nitrogens is 2. The topological polar surface area (TPSA) is 29.9 Å². The minimum Gasteiger partial charge on any atom is -0.369 e. The zero-order valence-electron chi connectivity index (χ0n) is 8.09. The number of aryl methyl sites for hydroxylation is 2. The minimum absolute atomic E-state index is 0.990. The summed E-state index contributed by atoms with van der Waals surface area (Å²) in [6.45, 7) is 5.27. The predicted molar refractivity (Wildman–Crippen MR) is 51.4 cm³/mol. The van der Waals surface area contributed by atoms with Crippen molar-refractivity contribution in [3.63, 3.8) is 0 Å². The van der Waals surface area contributed by atoms with E-state index in [1.165, 1.54) is 0 Å². The van der Waals surface area contributed by atoms with Gasteiger partial charge in [0, 0.05) is 26.2 Å². The quantitative estimate of drug-likeness (QED) is 0.741. The van der Waals surface area contributed by atoms with Gasteiger partial charge in [0.25, 0.3) is 0 Å². The lowest BCUT2D eigenvalue weighted by Crippen LogP contribution is -1.99. The number of anilines is 1. The fraction of sp³-hybridized carbons (Fsp3) is 0.667. The van der Waals surface area contributed by atoms with Crippen molar-refractivity contribution in [2.24, 2.45) is 7.05 Å². The smallest absolute Gasteiger partial charge is 0.144 e. The van der Waals surface area contributed by atoms with Crippen LogP contribution in [-0.4, -0.2) is 16.1 Å². The highest BCUT2D eigenvalue weighted by Crippen LogP contribution is 2.06. The lowest BCUT2D eigenvalue weighted by Gasteiger charge is -1.96. The zero-order valence-corrected chi connectivity index (χ0v) is 8.09. The fourth-order valence-corrected chi connectivity index (χ4v) is 1.17. The Balaban J connectivity index is 2.62. The maximum atomic E-state index is 4.42. The Morgan fingerprint density at radius 2 is 2.25 bits per heavy atom. The Morgan fingerprint density at radius 3 is 2.75 bits per heavy atom. The molecule has 0 aromatic carbocycles. The molecule has 12 heavy (non-hydrogen) atoms. The van der Waals surface area contributed by atoms with Crippen molar-refractivity contribution in [3.8, 4) is 0 Å². The maximum Gasteiger partial charge on any atom is 0.144 e. The molecule has 0 fully saturated rings. The molecule has 3 nitrogen and oxygen atoms in total. The molecule has 1 N–H and O–H groups in total. The molecular weight excluding hydrogens is 150 g/mol. The Kier molecular flexibility index (Phi) is 3.14. The Labute approximate surface area is 73.8 Å². The highest BCUT2D eigenvalue weighted by atomic mass is 15.1. The van der Waals surface area contributed by atoms with Crippen LogP contribution < -0.4 is 5.32 Å². The molecule has 0 aliphatic carbocycles. The van der Waals surface area contributed by atoms with E-state index in [2.05, 4.69) is 28.7 Å². The first-order valence-electron chi connectivity index (χ1n) is 4.54. The molecule has 3 heteroatoms. The molecule has 0 amide bonds. The predicted octanol–water partition coefficient (Wildman–Crippen LogP) is 1.80. The van der Waals surface area contributed by atoms with Gasteiger partial charge < -0.3 is 9.88 Å². The molecule has 0 bridgehead atoms. The molecule has 0 aliphatic heterocycles. The standard InChI is InChI=1S/C9H17N3/c1-4-6-10-8-7-12(3)9(5-2)11-8/h7,10H,4-6H2,1-3H3. The first-order chi connectivity index (χ1) is 5.77. The number of nitrogens with zero attached hydrogens (tertiary/aromatic N) is 2. The number of rotatable bonds is 4. The van der Waals surface area contributed by atoms with Crippen molar-refractivity contribution < 1.29 is 0 Å². The van der Waals surface area contributed by atoms with Crippen molar-refractivity contribution >= 4 is 5.82 Å². The van der Waals surface area contributed by atoms with Gasteiger partial charge in [0.2, 0.25) is 0 Å². The van der Waals surface area contributed by atoms with E-state index in [9.17, 15) is 0 Å². The Morgan fingerprint density at radius 1 is 1.50 bits per heavy atom. The van der Waals surface area contributed by atoms with Crippen LogP contribution in [0.25, 0.3) is 0 Å². The second kappa shape index (κ2) is 4.14. The largest absolute Gasteiger partial charge is 0.369 e. The van der Waals surface area contributed by atoms with Crippen LogP contribution in [0, 0.1) is 0 Å². The maximum absolute atomic E-state index is 4.42. The molecule has 0 unspecified atom stereocenters. The van der Waals surface area contributed by atoms with Crippen LogP contribution >= 0.6 is 0 Å². The molecular formula is C9H17N3. The molecule has 1 rings (SSSR count). The molecule has 0 spiro atoms. The van der Waals surface area contributed by atoms with E-state index in [0.717, 1.165) is 31.0 Å². The van der Waals surface area contributed by atoms with E-state index < -0.39 is 0 Å². The summed E-state index contributed by atoms with van der Waals surface area (Å²) in [5.74, 6) is 2.13. The molecule has 68 valence electrons. The van der Waals surface area contributed by atoms with Crippen molar-refractivity contribution in [3.05, 3.63) is 12.0 Å². The summed E-state index contributed by atoms with van der Waals surface area (Å²) >= 11 is 0. The van der Waals surface area contributed by atoms with E-state index >= 15 is 0 Å². The highest BCUT2D eigenvalue weighted by molar-refractivity contribution is 5.32. The normalized spacial score (nSPS) is 10.2. The number of imidazole rings is 1. The van der Waals surface area contributed by atoms with Crippen molar-refractivity contribution in [2.75, 3.05) is 11.9 Å². The Bertz CT molecular complexity index is 240. The fourth-order valence-electron chi connectivity index (χ4n) is 1.17. The van der Waals surface area contributed by atoms with Gasteiger partial charge in [0.05, 0.1) is 0 Å². The first kappa shape index (κ1) is 9.10. The van der Waals surface area contributed by atoms with Gasteiger partial charge in [-0.1, -0.05) is 13.8 Å². The van der Waals surface area contributed by atoms with Gasteiger partial charge in [-0.15, -0.1) is 0 Å². The third kappa shape index (κ3) is 2.00. The summed E-state index contributed by atoms with van der Waals surface area (Å²) in [5.41, 5.74) is 0. The molecule has 0 atom stereocenters. The molecule has 0 aliphatic rings. The first-order valence-corrected chi connectivity index (χ1v) is 4.54. The van der Waals surface area contributed by atoms with Gasteiger partial charge in [0.15, 0.2) is 0 Å². The molecule has 0 saturated heterocycles. The lowest BCUT2D eigenvalue weighted by molar-refractivity contribution is 0.808. The van der Waals surface area contributed by atoms with Gasteiger partial charge in [-0.2, -0.15) is 0 Å². The molecule has 1 aromatic rings. The Hall–Kier alpha value is -0.990. The summed E-state index contributed by atoms with van der Waals surface area (Å²) in [7, 11) is 2.03. The van der Waals surface area contributed by atoms with E-state index in [1.54, 1.807) is 0 Å². The molecule has 0 radical (unpaired) electrons. The van der Waals surface area contributed by atoms with Gasteiger partial charge in [0.1, 0.15) is 11.6 Å². The van der Waals surface area contributed by atoms with Gasteiger partial charge in [-0.3, -0.25) is 0 Å². The lowest BCUT2D eigenvalue weighted by atomic mass is 10.5. The van der Waals surface area contributed by atoms with Crippen molar-refractivity contribution in [1.29, 1.82) is 0 Å². The summed E-state index contributed by atoms with van der Waals surface area (Å²) < 4.78 is 2.07. The second-order valence-electron chi connectivity index (χ2n) is 2.93. The van der Waals surface area contributed by atoms with Gasteiger partial charge in [-0.25, -0.2) is 4.98 Å². The van der Waals surface area contributed by atoms with E-state index in [4.69, 9.17) is 0 Å². The minimum atomic E-state index is 0.990. The molecule has 1 heterocycles. The van der Waals surface area contributed by atoms with E-state index in [0.29, 0.717) is 0 Å². The van der Waals surface area contributed by atoms with Crippen molar-refractivity contribution in [2.45, 2.75) is 26.7 Å². The highest BCUT2D eigenvalue weighted by Gasteiger charge is 2.00. The van der Waals surface area contributed by atoms with Gasteiger partial charge >= 0.3 is 0 Å². The summed E-state index contributed by atoms with van der Waals surface area (Å²) in [6.07, 6.45) is 4.16. The number of hydrogen-bond acceptors (Lipinski definition) is 2. The summed E-state index contributed by atoms with van der Waals surface area (Å²) in [4.78, 5) is 4.42. The average Bonchev–Trinajstić information content (AvgIpc) is 2.43. The third-order valence-electron chi connectivity index (χ3n) is 1.84. The second-order valence-corrected chi connectivity index (χ2v) is 2.93. The van der Waals surface area contributed by atoms with Crippen molar-refractivity contribution in [1.82, 2.24) is 9.55 Å². The van der Waals surface area contributed by atoms with Crippen LogP contribution in [0.5, 0.6) is 0 Å². The van der Waals surface area contributed by atoms with Crippen LogP contribution in [0.2, 0.25) is 0 Å². The molecule has 1 aromatic heterocycles. The number of hydrogen-bond donors (Lipinski definition) is 1. The van der Waals surface area contributed by atoms with Crippen LogP contribution in [0.4, 0.5) is 5.82 Å². The van der Waals surface area contributed by atoms with E-state index in [-0.39, 0.29) is 0 Å². The zero-order chi connectivity index (χ0) is 8.97.